The van der Waals surface area contributed by atoms with Crippen LogP contribution < -0.4 is 5.32 Å². The number of hydrogen-bond donors (Lipinski definition) is 1. The van der Waals surface area contributed by atoms with Crippen molar-refractivity contribution >= 4 is 5.91 Å². The smallest absolute Gasteiger partial charge is 0.220 e. The van der Waals surface area contributed by atoms with E-state index in [-0.39, 0.29) is 5.91 Å². The largest absolute Gasteiger partial charge is 0.356 e. The Morgan fingerprint density at radius 2 is 1.65 bits per heavy atom. The van der Waals surface area contributed by atoms with Crippen molar-refractivity contribution in [2.45, 2.75) is 131 Å². The second-order valence-electron chi connectivity index (χ2n) is 14.7. The average Bonchev–Trinajstić information content (AvgIpc) is 3.23. The molecule has 1 amide bonds. The summed E-state index contributed by atoms with van der Waals surface area (Å²) in [6.45, 7) is 17.3. The predicted molar refractivity (Wildman–Crippen MR) is 159 cm³/mol. The molecule has 0 aliphatic heterocycles. The number of amides is 1. The van der Waals surface area contributed by atoms with Crippen LogP contribution in [0.25, 0.3) is 0 Å². The second-order valence-corrected chi connectivity index (χ2v) is 14.7. The number of carbonyl (C=O) groups is 1. The van der Waals surface area contributed by atoms with Crippen molar-refractivity contribution < 1.29 is 9.28 Å². The van der Waals surface area contributed by atoms with Gasteiger partial charge in [-0.2, -0.15) is 0 Å². The molecule has 3 nitrogen and oxygen atoms in total. The molecular formula is C34H65N2O+. The zero-order chi connectivity index (χ0) is 27.3. The van der Waals surface area contributed by atoms with Crippen LogP contribution in [0.2, 0.25) is 0 Å². The number of nitrogens with zero attached hydrogens (tertiary/aromatic N) is 1. The molecule has 0 aromatic rings. The Kier molecular flexibility index (Phi) is 11.0. The number of fused-ring (bicyclic) bond motifs is 5. The van der Waals surface area contributed by atoms with Gasteiger partial charge in [-0.25, -0.2) is 0 Å². The lowest BCUT2D eigenvalue weighted by molar-refractivity contribution is -0.890. The molecule has 7 unspecified atom stereocenters. The minimum atomic E-state index is 0.282. The molecule has 0 saturated heterocycles. The van der Waals surface area contributed by atoms with E-state index in [4.69, 9.17) is 0 Å². The monoisotopic (exact) mass is 518 g/mol. The van der Waals surface area contributed by atoms with Crippen LogP contribution >= 0.6 is 0 Å². The molecule has 1 N–H and O–H groups in total. The first-order chi connectivity index (χ1) is 17.6. The van der Waals surface area contributed by atoms with Crippen molar-refractivity contribution in [3.05, 3.63) is 0 Å². The van der Waals surface area contributed by atoms with Crippen LogP contribution in [0.15, 0.2) is 0 Å². The highest BCUT2D eigenvalue weighted by Crippen LogP contribution is 2.68. The average molecular weight is 518 g/mol. The summed E-state index contributed by atoms with van der Waals surface area (Å²) in [5, 5.41) is 3.23. The lowest BCUT2D eigenvalue weighted by atomic mass is 9.44. The van der Waals surface area contributed by atoms with E-state index in [2.05, 4.69) is 47.1 Å². The summed E-state index contributed by atoms with van der Waals surface area (Å²) < 4.78 is 1.06. The molecule has 0 aromatic carbocycles. The maximum Gasteiger partial charge on any atom is 0.220 e. The first-order valence-electron chi connectivity index (χ1n) is 16.7. The number of carbonyl (C=O) groups excluding carboxylic acids is 1. The van der Waals surface area contributed by atoms with Gasteiger partial charge in [-0.1, -0.05) is 54.4 Å². The fourth-order valence-electron chi connectivity index (χ4n) is 10.4. The topological polar surface area (TPSA) is 29.1 Å². The summed E-state index contributed by atoms with van der Waals surface area (Å²) in [4.78, 5) is 12.6. The van der Waals surface area contributed by atoms with E-state index in [9.17, 15) is 4.79 Å². The quantitative estimate of drug-likeness (QED) is 0.228. The van der Waals surface area contributed by atoms with Crippen LogP contribution in [0.3, 0.4) is 0 Å². The molecule has 4 fully saturated rings. The molecule has 0 aromatic heterocycles. The van der Waals surface area contributed by atoms with E-state index in [1.165, 1.54) is 77.2 Å². The molecule has 37 heavy (non-hydrogen) atoms. The Bertz CT molecular complexity index is 719. The molecular weight excluding hydrogens is 452 g/mol. The first kappa shape index (κ1) is 31.0. The highest BCUT2D eigenvalue weighted by molar-refractivity contribution is 5.75. The molecule has 0 radical (unpaired) electrons. The van der Waals surface area contributed by atoms with Gasteiger partial charge >= 0.3 is 0 Å². The summed E-state index contributed by atoms with van der Waals surface area (Å²) in [7, 11) is 4.61. The zero-order valence-electron chi connectivity index (χ0n) is 26.3. The van der Waals surface area contributed by atoms with Gasteiger partial charge in [0.25, 0.3) is 0 Å². The summed E-state index contributed by atoms with van der Waals surface area (Å²) in [5.74, 6) is 5.74. The molecule has 4 saturated carbocycles. The molecule has 0 bridgehead atoms. The Morgan fingerprint density at radius 1 is 0.919 bits per heavy atom. The van der Waals surface area contributed by atoms with Gasteiger partial charge < -0.3 is 9.80 Å². The third-order valence-electron chi connectivity index (χ3n) is 12.3. The van der Waals surface area contributed by atoms with E-state index >= 15 is 0 Å². The van der Waals surface area contributed by atoms with E-state index in [1.807, 2.05) is 13.8 Å². The fraction of sp³-hybridized carbons (Fsp3) is 0.971. The predicted octanol–water partition coefficient (Wildman–Crippen LogP) is 8.47. The highest BCUT2D eigenvalue weighted by Gasteiger charge is 2.60. The van der Waals surface area contributed by atoms with Gasteiger partial charge in [0.2, 0.25) is 5.91 Å². The number of rotatable bonds is 10. The minimum absolute atomic E-state index is 0.282. The third-order valence-corrected chi connectivity index (χ3v) is 12.3. The SMILES string of the molecule is CC.CCC[N+](C)(C)CCCNC(=O)CC[C@@H](C)C1CCC2C3CCC4CCCCC4(C)C3CCC21C. The molecule has 216 valence electrons. The number of nitrogens with one attached hydrogen (secondary N) is 1. The number of hydrogen-bond acceptors (Lipinski definition) is 1. The van der Waals surface area contributed by atoms with Gasteiger partial charge in [-0.3, -0.25) is 4.79 Å². The van der Waals surface area contributed by atoms with Gasteiger partial charge in [0.15, 0.2) is 0 Å². The van der Waals surface area contributed by atoms with E-state index in [1.54, 1.807) is 0 Å². The second kappa shape index (κ2) is 13.2. The van der Waals surface area contributed by atoms with E-state index in [0.717, 1.165) is 66.4 Å². The summed E-state index contributed by atoms with van der Waals surface area (Å²) in [6, 6.07) is 0. The van der Waals surface area contributed by atoms with Crippen molar-refractivity contribution in [2.24, 2.45) is 46.3 Å². The van der Waals surface area contributed by atoms with Crippen molar-refractivity contribution in [1.29, 1.82) is 0 Å². The zero-order valence-corrected chi connectivity index (χ0v) is 26.3. The Morgan fingerprint density at radius 3 is 2.38 bits per heavy atom. The summed E-state index contributed by atoms with van der Waals surface area (Å²) >= 11 is 0. The van der Waals surface area contributed by atoms with Gasteiger partial charge in [0.1, 0.15) is 0 Å². The van der Waals surface area contributed by atoms with Crippen LogP contribution in [-0.2, 0) is 4.79 Å². The molecule has 0 heterocycles. The van der Waals surface area contributed by atoms with Crippen LogP contribution in [0.1, 0.15) is 131 Å². The Balaban J connectivity index is 0.00000186. The maximum absolute atomic E-state index is 12.6. The fourth-order valence-corrected chi connectivity index (χ4v) is 10.4. The summed E-state index contributed by atoms with van der Waals surface area (Å²) in [6.07, 6.45) is 18.9. The van der Waals surface area contributed by atoms with Crippen LogP contribution in [0.5, 0.6) is 0 Å². The molecule has 4 rings (SSSR count). The van der Waals surface area contributed by atoms with Crippen molar-refractivity contribution in [3.8, 4) is 0 Å². The van der Waals surface area contributed by atoms with E-state index in [0.29, 0.717) is 16.7 Å². The van der Waals surface area contributed by atoms with Gasteiger partial charge in [0, 0.05) is 19.4 Å². The van der Waals surface area contributed by atoms with Crippen molar-refractivity contribution in [1.82, 2.24) is 5.32 Å². The van der Waals surface area contributed by atoms with Gasteiger partial charge in [-0.05, 0) is 111 Å². The van der Waals surface area contributed by atoms with Crippen LogP contribution in [0.4, 0.5) is 0 Å². The molecule has 3 heteroatoms. The lowest BCUT2D eigenvalue weighted by Gasteiger charge is -2.61. The lowest BCUT2D eigenvalue weighted by Crippen LogP contribution is -2.53. The third kappa shape index (κ3) is 6.78. The van der Waals surface area contributed by atoms with Gasteiger partial charge in [-0.15, -0.1) is 0 Å². The minimum Gasteiger partial charge on any atom is -0.356 e. The standard InChI is InChI=1S/C32H58N2O.C2H6/c1-7-22-34(5,6)23-10-21-33-30(35)17-12-24(2)27-15-16-28-26-14-13-25-11-8-9-19-31(25,3)29(26)18-20-32(27,28)4;1-2/h24-29H,7-23H2,1-6H3;1-2H3/p+1/t24-,25?,26?,27?,28?,29?,31?,32?;/m1./s1. The van der Waals surface area contributed by atoms with Crippen LogP contribution in [-0.4, -0.2) is 44.1 Å². The first-order valence-corrected chi connectivity index (χ1v) is 16.7. The molecule has 0 spiro atoms. The van der Waals surface area contributed by atoms with E-state index < -0.39 is 0 Å². The molecule has 4 aliphatic rings. The molecule has 4 aliphatic carbocycles. The normalized spacial score (nSPS) is 37.9. The van der Waals surface area contributed by atoms with Crippen molar-refractivity contribution in [2.75, 3.05) is 33.7 Å². The maximum atomic E-state index is 12.6. The van der Waals surface area contributed by atoms with Crippen molar-refractivity contribution in [3.63, 3.8) is 0 Å². The Hall–Kier alpha value is -0.570. The van der Waals surface area contributed by atoms with Gasteiger partial charge in [0.05, 0.1) is 27.2 Å². The highest BCUT2D eigenvalue weighted by atomic mass is 16.1. The Labute approximate surface area is 231 Å². The summed E-state index contributed by atoms with van der Waals surface area (Å²) in [5.41, 5.74) is 1.17. The molecule has 8 atom stereocenters. The van der Waals surface area contributed by atoms with Crippen LogP contribution in [0, 0.1) is 46.3 Å². The number of quaternary nitrogens is 1.